The minimum atomic E-state index is -0.741. The predicted molar refractivity (Wildman–Crippen MR) is 128 cm³/mol. The number of rotatable bonds is 11. The number of carbonyl (C=O) groups is 2. The Morgan fingerprint density at radius 3 is 2.41 bits per heavy atom. The molecule has 7 nitrogen and oxygen atoms in total. The molecule has 0 heterocycles. The van der Waals surface area contributed by atoms with Crippen molar-refractivity contribution < 1.29 is 23.8 Å². The van der Waals surface area contributed by atoms with E-state index in [0.717, 1.165) is 11.1 Å². The van der Waals surface area contributed by atoms with Crippen molar-refractivity contribution in [3.8, 4) is 0 Å². The Balaban J connectivity index is 0.00000466. The third-order valence-electron chi connectivity index (χ3n) is 3.82. The van der Waals surface area contributed by atoms with Gasteiger partial charge in [0.25, 0.3) is 0 Å². The van der Waals surface area contributed by atoms with Crippen molar-refractivity contribution in [2.45, 2.75) is 39.7 Å². The number of ether oxygens (including phenoxy) is 3. The fourth-order valence-electron chi connectivity index (χ4n) is 2.43. The molecule has 1 atom stereocenters. The van der Waals surface area contributed by atoms with Crippen molar-refractivity contribution in [3.05, 3.63) is 78.9 Å². The Bertz CT molecular complexity index is 813. The molecule has 0 fully saturated rings. The zero-order valence-corrected chi connectivity index (χ0v) is 19.4. The molecule has 0 aliphatic rings. The van der Waals surface area contributed by atoms with E-state index in [-0.39, 0.29) is 25.3 Å². The normalized spacial score (nSPS) is 11.4. The molecule has 0 radical (unpaired) electrons. The van der Waals surface area contributed by atoms with Gasteiger partial charge in [0, 0.05) is 12.0 Å². The summed E-state index contributed by atoms with van der Waals surface area (Å²) in [6.45, 7) is 13.3. The average molecular weight is 443 g/mol. The Kier molecular flexibility index (Phi) is 15.2. The van der Waals surface area contributed by atoms with E-state index in [1.165, 1.54) is 7.11 Å². The zero-order valence-electron chi connectivity index (χ0n) is 19.4. The summed E-state index contributed by atoms with van der Waals surface area (Å²) in [4.78, 5) is 23.9. The standard InChI is InChI=1S/C23H28N2O5.C2H6/c1-5-10-18(11-6-2)16-29-23(27)25-20(15-22(26)28-4)14-21(24)30-17(3)19-12-8-7-9-13-19;1-2/h5-13,20,24H,1,3,14-16H2,2,4H3,(H,25,27);1-2H3/b11-6-,18-10+,24-21?;. The van der Waals surface area contributed by atoms with E-state index < -0.39 is 18.1 Å². The van der Waals surface area contributed by atoms with Gasteiger partial charge in [-0.1, -0.05) is 81.6 Å². The predicted octanol–water partition coefficient (Wildman–Crippen LogP) is 5.41. The number of alkyl carbamates (subject to hydrolysis) is 1. The summed E-state index contributed by atoms with van der Waals surface area (Å²) in [6.07, 6.45) is 6.01. The second kappa shape index (κ2) is 17.1. The summed E-state index contributed by atoms with van der Waals surface area (Å²) in [5.74, 6) is -0.388. The number of hydrogen-bond acceptors (Lipinski definition) is 6. The Morgan fingerprint density at radius 2 is 1.84 bits per heavy atom. The van der Waals surface area contributed by atoms with Crippen LogP contribution in [0, 0.1) is 5.41 Å². The lowest BCUT2D eigenvalue weighted by Crippen LogP contribution is -2.39. The third kappa shape index (κ3) is 12.2. The molecule has 0 spiro atoms. The maximum Gasteiger partial charge on any atom is 0.407 e. The Morgan fingerprint density at radius 1 is 1.19 bits per heavy atom. The summed E-state index contributed by atoms with van der Waals surface area (Å²) in [5.41, 5.74) is 1.48. The monoisotopic (exact) mass is 442 g/mol. The highest BCUT2D eigenvalue weighted by Gasteiger charge is 2.21. The molecule has 0 aliphatic heterocycles. The SMILES string of the molecule is C=C/C=C(\C=C/C)COC(=O)NC(CC(=N)OC(=C)c1ccccc1)CC(=O)OC.CC. The van der Waals surface area contributed by atoms with Crippen LogP contribution in [0.2, 0.25) is 0 Å². The highest BCUT2D eigenvalue weighted by atomic mass is 16.5. The van der Waals surface area contributed by atoms with E-state index in [0.29, 0.717) is 5.76 Å². The first-order valence-corrected chi connectivity index (χ1v) is 10.3. The van der Waals surface area contributed by atoms with Crippen molar-refractivity contribution in [1.29, 1.82) is 5.41 Å². The van der Waals surface area contributed by atoms with Crippen LogP contribution in [-0.4, -0.2) is 37.7 Å². The molecule has 0 saturated carbocycles. The lowest BCUT2D eigenvalue weighted by Gasteiger charge is -2.19. The summed E-state index contributed by atoms with van der Waals surface area (Å²) in [7, 11) is 1.25. The number of nitrogens with one attached hydrogen (secondary N) is 2. The topological polar surface area (TPSA) is 97.7 Å². The molecule has 1 unspecified atom stereocenters. The van der Waals surface area contributed by atoms with Crippen molar-refractivity contribution >= 4 is 23.7 Å². The highest BCUT2D eigenvalue weighted by molar-refractivity contribution is 5.82. The first kappa shape index (κ1) is 28.4. The molecule has 1 rings (SSSR count). The number of allylic oxidation sites excluding steroid dienone is 3. The molecule has 0 saturated heterocycles. The van der Waals surface area contributed by atoms with Crippen LogP contribution in [0.3, 0.4) is 0 Å². The molecular formula is C25H34N2O5. The highest BCUT2D eigenvalue weighted by Crippen LogP contribution is 2.15. The van der Waals surface area contributed by atoms with Gasteiger partial charge < -0.3 is 19.5 Å². The first-order chi connectivity index (χ1) is 15.4. The molecule has 1 amide bonds. The number of hydrogen-bond donors (Lipinski definition) is 2. The summed E-state index contributed by atoms with van der Waals surface area (Å²) in [5, 5.41) is 10.6. The molecule has 2 N–H and O–H groups in total. The Labute approximate surface area is 191 Å². The van der Waals surface area contributed by atoms with E-state index in [1.54, 1.807) is 30.4 Å². The molecular weight excluding hydrogens is 408 g/mol. The largest absolute Gasteiger partial charge is 0.469 e. The number of amides is 1. The van der Waals surface area contributed by atoms with Crippen LogP contribution in [0.15, 0.2) is 73.4 Å². The van der Waals surface area contributed by atoms with Gasteiger partial charge in [0.15, 0.2) is 5.90 Å². The summed E-state index contributed by atoms with van der Waals surface area (Å²) < 4.78 is 15.3. The quantitative estimate of drug-likeness (QED) is 0.157. The molecule has 174 valence electrons. The number of methoxy groups -OCH3 is 1. The first-order valence-electron chi connectivity index (χ1n) is 10.3. The molecule has 0 bridgehead atoms. The minimum Gasteiger partial charge on any atom is -0.469 e. The van der Waals surface area contributed by atoms with Gasteiger partial charge in [0.05, 0.1) is 19.6 Å². The minimum absolute atomic E-state index is 0.0336. The van der Waals surface area contributed by atoms with Crippen LogP contribution < -0.4 is 5.32 Å². The van der Waals surface area contributed by atoms with Gasteiger partial charge in [-0.25, -0.2) is 4.79 Å². The molecule has 32 heavy (non-hydrogen) atoms. The van der Waals surface area contributed by atoms with Crippen molar-refractivity contribution in [2.24, 2.45) is 0 Å². The number of esters is 1. The van der Waals surface area contributed by atoms with Gasteiger partial charge in [-0.05, 0) is 12.5 Å². The zero-order chi connectivity index (χ0) is 24.4. The lowest BCUT2D eigenvalue weighted by atomic mass is 10.1. The smallest absolute Gasteiger partial charge is 0.407 e. The molecule has 0 aromatic heterocycles. The van der Waals surface area contributed by atoms with Gasteiger partial charge in [-0.15, -0.1) is 0 Å². The van der Waals surface area contributed by atoms with Crippen LogP contribution in [0.5, 0.6) is 0 Å². The van der Waals surface area contributed by atoms with E-state index in [9.17, 15) is 9.59 Å². The van der Waals surface area contributed by atoms with E-state index in [2.05, 4.69) is 23.2 Å². The summed E-state index contributed by atoms with van der Waals surface area (Å²) in [6, 6.07) is 8.37. The van der Waals surface area contributed by atoms with Crippen LogP contribution in [0.25, 0.3) is 5.76 Å². The van der Waals surface area contributed by atoms with Crippen LogP contribution in [0.1, 0.15) is 39.2 Å². The Hall–Kier alpha value is -3.61. The lowest BCUT2D eigenvalue weighted by molar-refractivity contribution is -0.141. The molecule has 0 aliphatic carbocycles. The van der Waals surface area contributed by atoms with E-state index >= 15 is 0 Å². The van der Waals surface area contributed by atoms with Crippen LogP contribution in [-0.2, 0) is 19.0 Å². The molecule has 1 aromatic carbocycles. The van der Waals surface area contributed by atoms with E-state index in [1.807, 2.05) is 45.0 Å². The maximum absolute atomic E-state index is 12.2. The van der Waals surface area contributed by atoms with Crippen molar-refractivity contribution in [2.75, 3.05) is 13.7 Å². The van der Waals surface area contributed by atoms with E-state index in [4.69, 9.17) is 14.9 Å². The fraction of sp³-hybridized carbons (Fsp3) is 0.320. The second-order valence-electron chi connectivity index (χ2n) is 6.19. The fourth-order valence-corrected chi connectivity index (χ4v) is 2.43. The van der Waals surface area contributed by atoms with Gasteiger partial charge in [0.1, 0.15) is 12.4 Å². The summed E-state index contributed by atoms with van der Waals surface area (Å²) >= 11 is 0. The third-order valence-corrected chi connectivity index (χ3v) is 3.82. The molecule has 1 aromatic rings. The molecule has 7 heteroatoms. The van der Waals surface area contributed by atoms with Gasteiger partial charge >= 0.3 is 12.1 Å². The van der Waals surface area contributed by atoms with Gasteiger partial charge in [-0.2, -0.15) is 0 Å². The average Bonchev–Trinajstić information content (AvgIpc) is 2.79. The van der Waals surface area contributed by atoms with Crippen molar-refractivity contribution in [3.63, 3.8) is 0 Å². The number of carbonyl (C=O) groups excluding carboxylic acids is 2. The van der Waals surface area contributed by atoms with Crippen LogP contribution >= 0.6 is 0 Å². The maximum atomic E-state index is 12.2. The van der Waals surface area contributed by atoms with Gasteiger partial charge in [-0.3, -0.25) is 10.2 Å². The van der Waals surface area contributed by atoms with Crippen molar-refractivity contribution in [1.82, 2.24) is 5.32 Å². The second-order valence-corrected chi connectivity index (χ2v) is 6.19. The van der Waals surface area contributed by atoms with Gasteiger partial charge in [0.2, 0.25) is 0 Å². The van der Waals surface area contributed by atoms with Crippen LogP contribution in [0.4, 0.5) is 4.79 Å². The number of benzene rings is 1.